The van der Waals surface area contributed by atoms with Crippen molar-refractivity contribution in [3.63, 3.8) is 0 Å². The topological polar surface area (TPSA) is 69.7 Å². The highest BCUT2D eigenvalue weighted by atomic mass is 35.5. The summed E-state index contributed by atoms with van der Waals surface area (Å²) in [5.74, 6) is -0.363. The number of carbonyl (C=O) groups excluding carboxylic acids is 1. The fourth-order valence-electron chi connectivity index (χ4n) is 3.92. The van der Waals surface area contributed by atoms with Crippen LogP contribution in [0.2, 0.25) is 5.02 Å². The van der Waals surface area contributed by atoms with Gasteiger partial charge in [0, 0.05) is 18.1 Å². The Balaban J connectivity index is 1.73. The Morgan fingerprint density at radius 1 is 1.16 bits per heavy atom. The van der Waals surface area contributed by atoms with Crippen LogP contribution in [0.5, 0.6) is 0 Å². The second kappa shape index (κ2) is 10.0. The van der Waals surface area contributed by atoms with Crippen LogP contribution in [0.4, 0.5) is 5.69 Å². The average molecular weight is 464 g/mol. The lowest BCUT2D eigenvalue weighted by Crippen LogP contribution is -2.47. The highest BCUT2D eigenvalue weighted by molar-refractivity contribution is 7.92. The zero-order valence-corrected chi connectivity index (χ0v) is 19.8. The number of hydrogen-bond acceptors (Lipinski definition) is 4. The minimum Gasteiger partial charge on any atom is -0.350 e. The van der Waals surface area contributed by atoms with Crippen molar-refractivity contribution in [2.75, 3.05) is 23.7 Å². The first-order valence-corrected chi connectivity index (χ1v) is 12.7. The molecule has 2 aromatic rings. The van der Waals surface area contributed by atoms with Crippen molar-refractivity contribution in [2.45, 2.75) is 45.8 Å². The van der Waals surface area contributed by atoms with Crippen molar-refractivity contribution < 1.29 is 13.2 Å². The monoisotopic (exact) mass is 463 g/mol. The molecule has 1 aliphatic heterocycles. The van der Waals surface area contributed by atoms with Gasteiger partial charge in [-0.2, -0.15) is 0 Å². The van der Waals surface area contributed by atoms with Gasteiger partial charge in [0.15, 0.2) is 0 Å². The molecule has 6 nitrogen and oxygen atoms in total. The van der Waals surface area contributed by atoms with E-state index in [2.05, 4.69) is 16.3 Å². The first kappa shape index (κ1) is 23.6. The lowest BCUT2D eigenvalue weighted by molar-refractivity contribution is -0.122. The molecule has 2 aromatic carbocycles. The summed E-state index contributed by atoms with van der Waals surface area (Å²) in [7, 11) is -3.69. The summed E-state index contributed by atoms with van der Waals surface area (Å²) in [6.45, 7) is 6.82. The number of rotatable bonds is 8. The molecule has 1 saturated heterocycles. The van der Waals surface area contributed by atoms with E-state index in [9.17, 15) is 13.2 Å². The van der Waals surface area contributed by atoms with E-state index in [0.29, 0.717) is 17.3 Å². The molecule has 0 aliphatic carbocycles. The molecule has 8 heteroatoms. The minimum absolute atomic E-state index is 0.347. The van der Waals surface area contributed by atoms with Crippen LogP contribution in [0.25, 0.3) is 0 Å². The number of likely N-dealkylation sites (tertiary alicyclic amines) is 1. The van der Waals surface area contributed by atoms with E-state index in [-0.39, 0.29) is 5.91 Å². The summed E-state index contributed by atoms with van der Waals surface area (Å²) in [6, 6.07) is 12.1. The summed E-state index contributed by atoms with van der Waals surface area (Å²) < 4.78 is 26.1. The van der Waals surface area contributed by atoms with E-state index in [1.54, 1.807) is 25.1 Å². The molecule has 0 unspecified atom stereocenters. The number of benzene rings is 2. The fraction of sp³-hybridized carbons (Fsp3) is 0.435. The van der Waals surface area contributed by atoms with Crippen LogP contribution in [0.3, 0.4) is 0 Å². The maximum atomic E-state index is 12.9. The molecule has 3 rings (SSSR count). The molecule has 1 amide bonds. The number of carbonyl (C=O) groups is 1. The van der Waals surface area contributed by atoms with Crippen molar-refractivity contribution in [2.24, 2.45) is 0 Å². The third kappa shape index (κ3) is 5.99. The minimum atomic E-state index is -3.69. The van der Waals surface area contributed by atoms with Crippen molar-refractivity contribution in [1.29, 1.82) is 0 Å². The zero-order valence-electron chi connectivity index (χ0n) is 18.3. The largest absolute Gasteiger partial charge is 0.350 e. The Morgan fingerprint density at radius 3 is 2.42 bits per heavy atom. The molecule has 168 valence electrons. The standard InChI is InChI=1S/C23H30ClN3O3S/c1-17-10-11-21(14-22(17)24)27(31(3,29)30)18(2)23(28)25-15-19-8-4-5-9-20(19)16-26-12-6-7-13-26/h4-5,8-11,14,18H,6-7,12-13,15-16H2,1-3H3,(H,25,28)/t18-/m1/s1. The van der Waals surface area contributed by atoms with E-state index < -0.39 is 16.1 Å². The van der Waals surface area contributed by atoms with Crippen molar-refractivity contribution in [3.05, 3.63) is 64.2 Å². The first-order valence-electron chi connectivity index (χ1n) is 10.5. The maximum absolute atomic E-state index is 12.9. The molecule has 1 N–H and O–H groups in total. The van der Waals surface area contributed by atoms with Gasteiger partial charge in [0.05, 0.1) is 11.9 Å². The number of halogens is 1. The van der Waals surface area contributed by atoms with E-state index in [1.165, 1.54) is 18.4 Å². The lowest BCUT2D eigenvalue weighted by Gasteiger charge is -2.28. The van der Waals surface area contributed by atoms with Gasteiger partial charge in [0.1, 0.15) is 6.04 Å². The third-order valence-electron chi connectivity index (χ3n) is 5.66. The number of hydrogen-bond donors (Lipinski definition) is 1. The molecule has 1 heterocycles. The molecule has 0 radical (unpaired) electrons. The predicted octanol–water partition coefficient (Wildman–Crippen LogP) is 3.72. The van der Waals surface area contributed by atoms with Gasteiger partial charge >= 0.3 is 0 Å². The Kier molecular flexibility index (Phi) is 7.62. The average Bonchev–Trinajstić information content (AvgIpc) is 3.22. The van der Waals surface area contributed by atoms with E-state index in [1.807, 2.05) is 25.1 Å². The Labute approximate surface area is 190 Å². The molecule has 0 spiro atoms. The summed E-state index contributed by atoms with van der Waals surface area (Å²) in [6.07, 6.45) is 3.54. The SMILES string of the molecule is Cc1ccc(N([C@H](C)C(=O)NCc2ccccc2CN2CCCC2)S(C)(=O)=O)cc1Cl. The normalized spacial score (nSPS) is 15.6. The molecular formula is C23H30ClN3O3S. The van der Waals surface area contributed by atoms with Crippen LogP contribution in [0.1, 0.15) is 36.5 Å². The Bertz CT molecular complexity index is 1040. The zero-order chi connectivity index (χ0) is 22.6. The number of nitrogens with one attached hydrogen (secondary N) is 1. The number of nitrogens with zero attached hydrogens (tertiary/aromatic N) is 2. The molecule has 1 atom stereocenters. The molecule has 31 heavy (non-hydrogen) atoms. The molecular weight excluding hydrogens is 434 g/mol. The van der Waals surface area contributed by atoms with Gasteiger partial charge in [-0.15, -0.1) is 0 Å². The van der Waals surface area contributed by atoms with Gasteiger partial charge in [0.25, 0.3) is 0 Å². The van der Waals surface area contributed by atoms with Crippen molar-refractivity contribution in [1.82, 2.24) is 10.2 Å². The van der Waals surface area contributed by atoms with Crippen LogP contribution in [-0.2, 0) is 27.9 Å². The summed E-state index contributed by atoms with van der Waals surface area (Å²) >= 11 is 6.19. The van der Waals surface area contributed by atoms with Gasteiger partial charge in [-0.05, 0) is 68.6 Å². The van der Waals surface area contributed by atoms with Crippen LogP contribution in [0, 0.1) is 6.92 Å². The van der Waals surface area contributed by atoms with Crippen LogP contribution >= 0.6 is 11.6 Å². The number of sulfonamides is 1. The van der Waals surface area contributed by atoms with Crippen molar-refractivity contribution in [3.8, 4) is 0 Å². The van der Waals surface area contributed by atoms with Crippen LogP contribution in [0.15, 0.2) is 42.5 Å². The van der Waals surface area contributed by atoms with E-state index in [0.717, 1.165) is 41.3 Å². The molecule has 1 fully saturated rings. The van der Waals surface area contributed by atoms with Crippen molar-refractivity contribution >= 4 is 33.2 Å². The van der Waals surface area contributed by atoms with Crippen LogP contribution < -0.4 is 9.62 Å². The molecule has 1 aliphatic rings. The van der Waals surface area contributed by atoms with E-state index >= 15 is 0 Å². The van der Waals surface area contributed by atoms with Crippen LogP contribution in [-0.4, -0.2) is 44.6 Å². The highest BCUT2D eigenvalue weighted by Gasteiger charge is 2.29. The summed E-state index contributed by atoms with van der Waals surface area (Å²) in [5, 5.41) is 3.37. The number of anilines is 1. The molecule has 0 saturated carbocycles. The van der Waals surface area contributed by atoms with Gasteiger partial charge in [-0.3, -0.25) is 14.0 Å². The predicted molar refractivity (Wildman–Crippen MR) is 126 cm³/mol. The number of aryl methyl sites for hydroxylation is 1. The quantitative estimate of drug-likeness (QED) is 0.647. The van der Waals surface area contributed by atoms with Gasteiger partial charge in [0.2, 0.25) is 15.9 Å². The summed E-state index contributed by atoms with van der Waals surface area (Å²) in [5.41, 5.74) is 3.43. The second-order valence-electron chi connectivity index (χ2n) is 8.14. The highest BCUT2D eigenvalue weighted by Crippen LogP contribution is 2.27. The number of amides is 1. The lowest BCUT2D eigenvalue weighted by atomic mass is 10.1. The third-order valence-corrected chi connectivity index (χ3v) is 7.31. The molecule has 0 bridgehead atoms. The van der Waals surface area contributed by atoms with E-state index in [4.69, 9.17) is 11.6 Å². The smallest absolute Gasteiger partial charge is 0.243 e. The first-order chi connectivity index (χ1) is 14.7. The van der Waals surface area contributed by atoms with Gasteiger partial charge in [-0.1, -0.05) is 41.9 Å². The second-order valence-corrected chi connectivity index (χ2v) is 10.4. The summed E-state index contributed by atoms with van der Waals surface area (Å²) in [4.78, 5) is 15.3. The fourth-order valence-corrected chi connectivity index (χ4v) is 5.26. The van der Waals surface area contributed by atoms with Gasteiger partial charge in [-0.25, -0.2) is 8.42 Å². The maximum Gasteiger partial charge on any atom is 0.243 e. The van der Waals surface area contributed by atoms with Gasteiger partial charge < -0.3 is 5.32 Å². The Morgan fingerprint density at radius 2 is 1.81 bits per heavy atom. The Hall–Kier alpha value is -2.09. The molecule has 0 aromatic heterocycles.